The van der Waals surface area contributed by atoms with Gasteiger partial charge in [-0.15, -0.1) is 0 Å². The highest BCUT2D eigenvalue weighted by Gasteiger charge is 2.10. The minimum atomic E-state index is 0.446. The van der Waals surface area contributed by atoms with E-state index in [-0.39, 0.29) is 0 Å². The zero-order valence-corrected chi connectivity index (χ0v) is 12.8. The van der Waals surface area contributed by atoms with E-state index in [9.17, 15) is 0 Å². The van der Waals surface area contributed by atoms with Crippen LogP contribution in [0.1, 0.15) is 6.92 Å². The second-order valence-corrected chi connectivity index (χ2v) is 5.09. The average Bonchev–Trinajstić information content (AvgIpc) is 3.09. The van der Waals surface area contributed by atoms with Crippen molar-refractivity contribution in [3.63, 3.8) is 0 Å². The molecule has 0 unspecified atom stereocenters. The fraction of sp³-hybridized carbons (Fsp3) is 0.182. The molecule has 0 fully saturated rings. The third kappa shape index (κ3) is 2.61. The van der Waals surface area contributed by atoms with E-state index in [2.05, 4.69) is 53.1 Å². The second-order valence-electron chi connectivity index (χ2n) is 3.84. The maximum atomic E-state index is 4.38. The van der Waals surface area contributed by atoms with Crippen LogP contribution in [0.2, 0.25) is 0 Å². The van der Waals surface area contributed by atoms with E-state index < -0.39 is 0 Å². The van der Waals surface area contributed by atoms with E-state index in [1.165, 1.54) is 0 Å². The standard InChI is InChI=1S/C11H11IN8/c1-2-13-9-16-10(19-5-3-4-14-19)18-11(17-9)20-7-8(12)6-15-20/h3-7H,2H2,1H3,(H,13,16,17,18). The maximum absolute atomic E-state index is 4.38. The molecule has 3 rings (SSSR count). The molecule has 8 nitrogen and oxygen atoms in total. The van der Waals surface area contributed by atoms with Crippen LogP contribution in [-0.4, -0.2) is 41.1 Å². The number of halogens is 1. The molecule has 0 aliphatic carbocycles. The van der Waals surface area contributed by atoms with Gasteiger partial charge in [-0.25, -0.2) is 9.36 Å². The van der Waals surface area contributed by atoms with Gasteiger partial charge < -0.3 is 5.32 Å². The van der Waals surface area contributed by atoms with Gasteiger partial charge in [0.2, 0.25) is 5.95 Å². The Labute approximate surface area is 128 Å². The van der Waals surface area contributed by atoms with Crippen molar-refractivity contribution in [3.8, 4) is 11.9 Å². The number of hydrogen-bond donors (Lipinski definition) is 1. The Balaban J connectivity index is 2.09. The van der Waals surface area contributed by atoms with Crippen molar-refractivity contribution < 1.29 is 0 Å². The predicted molar refractivity (Wildman–Crippen MR) is 81.0 cm³/mol. The van der Waals surface area contributed by atoms with Gasteiger partial charge in [0.15, 0.2) is 0 Å². The maximum Gasteiger partial charge on any atom is 0.257 e. The lowest BCUT2D eigenvalue weighted by Crippen LogP contribution is -2.13. The topological polar surface area (TPSA) is 86.3 Å². The molecule has 0 saturated heterocycles. The highest BCUT2D eigenvalue weighted by molar-refractivity contribution is 14.1. The molecular formula is C11H11IN8. The van der Waals surface area contributed by atoms with E-state index >= 15 is 0 Å². The lowest BCUT2D eigenvalue weighted by molar-refractivity contribution is 0.745. The molecule has 1 N–H and O–H groups in total. The van der Waals surface area contributed by atoms with Crippen molar-refractivity contribution in [1.82, 2.24) is 34.5 Å². The van der Waals surface area contributed by atoms with Crippen LogP contribution in [-0.2, 0) is 0 Å². The molecule has 0 radical (unpaired) electrons. The van der Waals surface area contributed by atoms with Crippen molar-refractivity contribution in [2.45, 2.75) is 6.92 Å². The third-order valence-electron chi connectivity index (χ3n) is 2.41. The predicted octanol–water partition coefficient (Wildman–Crippen LogP) is 1.28. The fourth-order valence-electron chi connectivity index (χ4n) is 1.59. The van der Waals surface area contributed by atoms with Gasteiger partial charge in [-0.1, -0.05) is 0 Å². The van der Waals surface area contributed by atoms with Crippen LogP contribution in [0.4, 0.5) is 5.95 Å². The number of rotatable bonds is 4. The Morgan fingerprint density at radius 1 is 1.15 bits per heavy atom. The third-order valence-corrected chi connectivity index (χ3v) is 2.97. The first kappa shape index (κ1) is 13.0. The quantitative estimate of drug-likeness (QED) is 0.685. The van der Waals surface area contributed by atoms with Crippen molar-refractivity contribution in [2.75, 3.05) is 11.9 Å². The summed E-state index contributed by atoms with van der Waals surface area (Å²) in [5, 5.41) is 11.4. The van der Waals surface area contributed by atoms with Crippen LogP contribution in [0.15, 0.2) is 30.9 Å². The molecular weight excluding hydrogens is 371 g/mol. The summed E-state index contributed by atoms with van der Waals surface area (Å²) in [7, 11) is 0. The van der Waals surface area contributed by atoms with Gasteiger partial charge in [0.25, 0.3) is 11.9 Å². The molecule has 3 heterocycles. The zero-order chi connectivity index (χ0) is 13.9. The van der Waals surface area contributed by atoms with Crippen molar-refractivity contribution >= 4 is 28.5 Å². The Bertz CT molecular complexity index is 705. The van der Waals surface area contributed by atoms with Crippen LogP contribution in [0.5, 0.6) is 0 Å². The van der Waals surface area contributed by atoms with E-state index in [1.807, 2.05) is 19.2 Å². The monoisotopic (exact) mass is 382 g/mol. The van der Waals surface area contributed by atoms with Crippen molar-refractivity contribution in [1.29, 1.82) is 0 Å². The summed E-state index contributed by atoms with van der Waals surface area (Å²) in [5.41, 5.74) is 0. The molecule has 0 aromatic carbocycles. The summed E-state index contributed by atoms with van der Waals surface area (Å²) in [6, 6.07) is 1.81. The Hall–Kier alpha value is -2.04. The highest BCUT2D eigenvalue weighted by Crippen LogP contribution is 2.10. The smallest absolute Gasteiger partial charge is 0.257 e. The Morgan fingerprint density at radius 3 is 2.55 bits per heavy atom. The van der Waals surface area contributed by atoms with E-state index in [0.29, 0.717) is 17.8 Å². The highest BCUT2D eigenvalue weighted by atomic mass is 127. The number of aromatic nitrogens is 7. The molecule has 102 valence electrons. The molecule has 20 heavy (non-hydrogen) atoms. The molecule has 0 saturated carbocycles. The van der Waals surface area contributed by atoms with Crippen LogP contribution < -0.4 is 5.32 Å². The molecule has 0 amide bonds. The minimum Gasteiger partial charge on any atom is -0.354 e. The largest absolute Gasteiger partial charge is 0.354 e. The molecule has 3 aromatic heterocycles. The van der Waals surface area contributed by atoms with Crippen LogP contribution in [0.25, 0.3) is 11.9 Å². The zero-order valence-electron chi connectivity index (χ0n) is 10.6. The molecule has 0 aliphatic rings. The van der Waals surface area contributed by atoms with Gasteiger partial charge in [0.1, 0.15) is 0 Å². The first-order valence-electron chi connectivity index (χ1n) is 5.97. The fourth-order valence-corrected chi connectivity index (χ4v) is 1.98. The van der Waals surface area contributed by atoms with Gasteiger partial charge >= 0.3 is 0 Å². The molecule has 0 bridgehead atoms. The van der Waals surface area contributed by atoms with Crippen LogP contribution >= 0.6 is 22.6 Å². The molecule has 0 aliphatic heterocycles. The van der Waals surface area contributed by atoms with E-state index in [4.69, 9.17) is 0 Å². The summed E-state index contributed by atoms with van der Waals surface area (Å²) >= 11 is 2.18. The molecule has 3 aromatic rings. The van der Waals surface area contributed by atoms with Gasteiger partial charge in [-0.05, 0) is 35.6 Å². The van der Waals surface area contributed by atoms with Gasteiger partial charge in [-0.3, -0.25) is 0 Å². The van der Waals surface area contributed by atoms with Gasteiger partial charge in [0, 0.05) is 25.1 Å². The summed E-state index contributed by atoms with van der Waals surface area (Å²) in [6.07, 6.45) is 7.04. The Kier molecular flexibility index (Phi) is 3.58. The van der Waals surface area contributed by atoms with E-state index in [0.717, 1.165) is 10.1 Å². The summed E-state index contributed by atoms with van der Waals surface area (Å²) in [4.78, 5) is 13.0. The van der Waals surface area contributed by atoms with Gasteiger partial charge in [0.05, 0.1) is 9.77 Å². The molecule has 0 atom stereocenters. The van der Waals surface area contributed by atoms with Crippen LogP contribution in [0, 0.1) is 3.57 Å². The first-order chi connectivity index (χ1) is 9.76. The number of anilines is 1. The number of hydrogen-bond acceptors (Lipinski definition) is 6. The Morgan fingerprint density at radius 2 is 1.95 bits per heavy atom. The molecule has 0 spiro atoms. The summed E-state index contributed by atoms with van der Waals surface area (Å²) in [6.45, 7) is 2.70. The normalized spacial score (nSPS) is 10.7. The number of nitrogens with one attached hydrogen (secondary N) is 1. The minimum absolute atomic E-state index is 0.446. The lowest BCUT2D eigenvalue weighted by atomic mass is 10.7. The summed E-state index contributed by atoms with van der Waals surface area (Å²) < 4.78 is 4.20. The lowest BCUT2D eigenvalue weighted by Gasteiger charge is -2.07. The van der Waals surface area contributed by atoms with Crippen LogP contribution in [0.3, 0.4) is 0 Å². The van der Waals surface area contributed by atoms with E-state index in [1.54, 1.807) is 28.0 Å². The summed E-state index contributed by atoms with van der Waals surface area (Å²) in [5.74, 6) is 1.39. The molecule has 9 heteroatoms. The average molecular weight is 382 g/mol. The van der Waals surface area contributed by atoms with Crippen molar-refractivity contribution in [3.05, 3.63) is 34.4 Å². The first-order valence-corrected chi connectivity index (χ1v) is 7.04. The number of nitrogens with zero attached hydrogens (tertiary/aromatic N) is 7. The second kappa shape index (κ2) is 5.53. The van der Waals surface area contributed by atoms with Crippen molar-refractivity contribution in [2.24, 2.45) is 0 Å². The van der Waals surface area contributed by atoms with Gasteiger partial charge in [-0.2, -0.15) is 25.1 Å². The SMILES string of the molecule is CCNc1nc(-n2cccn2)nc(-n2cc(I)cn2)n1.